The number of para-hydroxylation sites is 1. The molecule has 0 saturated carbocycles. The molecule has 0 atom stereocenters. The molecule has 1 fully saturated rings. The number of rotatable bonds is 9. The molecule has 5 rings (SSSR count). The highest BCUT2D eigenvalue weighted by atomic mass is 32.2. The summed E-state index contributed by atoms with van der Waals surface area (Å²) in [5.74, 6) is 1.15. The molecular formula is C25H27N5O5S. The molecule has 3 heterocycles. The van der Waals surface area contributed by atoms with Crippen LogP contribution in [0.2, 0.25) is 0 Å². The van der Waals surface area contributed by atoms with Crippen LogP contribution in [0.5, 0.6) is 11.5 Å². The van der Waals surface area contributed by atoms with Crippen molar-refractivity contribution < 1.29 is 22.6 Å². The molecule has 188 valence electrons. The van der Waals surface area contributed by atoms with Gasteiger partial charge in [0.05, 0.1) is 38.0 Å². The van der Waals surface area contributed by atoms with E-state index >= 15 is 0 Å². The monoisotopic (exact) mass is 509 g/mol. The molecule has 0 radical (unpaired) electrons. The van der Waals surface area contributed by atoms with Crippen molar-refractivity contribution in [3.8, 4) is 11.5 Å². The van der Waals surface area contributed by atoms with Crippen LogP contribution in [0.25, 0.3) is 21.8 Å². The molecule has 0 unspecified atom stereocenters. The Hall–Kier alpha value is -3.54. The normalized spacial score (nSPS) is 14.7. The molecule has 4 aromatic rings. The number of nitrogens with one attached hydrogen (secondary N) is 1. The molecule has 1 saturated heterocycles. The average Bonchev–Trinajstić information content (AvgIpc) is 2.91. The molecule has 0 bridgehead atoms. The van der Waals surface area contributed by atoms with Gasteiger partial charge >= 0.3 is 0 Å². The molecule has 10 nitrogen and oxygen atoms in total. The molecule has 36 heavy (non-hydrogen) atoms. The smallest absolute Gasteiger partial charge is 0.265 e. The first-order valence-electron chi connectivity index (χ1n) is 11.7. The summed E-state index contributed by atoms with van der Waals surface area (Å²) >= 11 is 0. The molecule has 11 heteroatoms. The van der Waals surface area contributed by atoms with E-state index in [9.17, 15) is 8.42 Å². The first-order valence-corrected chi connectivity index (χ1v) is 13.2. The molecule has 0 aliphatic carbocycles. The van der Waals surface area contributed by atoms with Gasteiger partial charge in [0.1, 0.15) is 11.2 Å². The largest absolute Gasteiger partial charge is 0.493 e. The van der Waals surface area contributed by atoms with E-state index in [2.05, 4.69) is 24.6 Å². The SMILES string of the molecule is COc1cc2c(NS(=O)(=O)c3cccc4cccnc34)ncnc2cc1OCCCN1CCOCC1. The molecular weight excluding hydrogens is 482 g/mol. The van der Waals surface area contributed by atoms with Gasteiger partial charge in [0.25, 0.3) is 10.0 Å². The maximum absolute atomic E-state index is 13.3. The quantitative estimate of drug-likeness (QED) is 0.340. The van der Waals surface area contributed by atoms with Crippen molar-refractivity contribution in [2.75, 3.05) is 51.3 Å². The van der Waals surface area contributed by atoms with Gasteiger partial charge in [-0.3, -0.25) is 14.6 Å². The van der Waals surface area contributed by atoms with Crippen LogP contribution in [0.3, 0.4) is 0 Å². The Morgan fingerprint density at radius 1 is 1.06 bits per heavy atom. The van der Waals surface area contributed by atoms with E-state index in [0.717, 1.165) is 44.7 Å². The number of morpholine rings is 1. The van der Waals surface area contributed by atoms with E-state index in [1.165, 1.54) is 19.5 Å². The minimum atomic E-state index is -3.98. The summed E-state index contributed by atoms with van der Waals surface area (Å²) < 4.78 is 46.1. The van der Waals surface area contributed by atoms with E-state index in [1.807, 2.05) is 12.1 Å². The van der Waals surface area contributed by atoms with Crippen LogP contribution in [0.1, 0.15) is 6.42 Å². The van der Waals surface area contributed by atoms with Crippen LogP contribution in [0.15, 0.2) is 59.9 Å². The van der Waals surface area contributed by atoms with Crippen LogP contribution >= 0.6 is 0 Å². The van der Waals surface area contributed by atoms with Crippen molar-refractivity contribution in [3.05, 3.63) is 55.0 Å². The predicted molar refractivity (Wildman–Crippen MR) is 136 cm³/mol. The third-order valence-corrected chi connectivity index (χ3v) is 7.39. The zero-order valence-electron chi connectivity index (χ0n) is 19.9. The number of sulfonamides is 1. The van der Waals surface area contributed by atoms with Gasteiger partial charge < -0.3 is 14.2 Å². The van der Waals surface area contributed by atoms with Crippen molar-refractivity contribution in [2.45, 2.75) is 11.3 Å². The van der Waals surface area contributed by atoms with Crippen molar-refractivity contribution >= 4 is 37.6 Å². The standard InChI is InChI=1S/C25H27N5O5S/c1-33-21-15-19-20(16-22(21)35-12-4-9-30-10-13-34-14-11-30)27-17-28-25(19)29-36(31,32)23-7-2-5-18-6-3-8-26-24(18)23/h2-3,5-8,15-17H,4,9-14H2,1H3,(H,27,28,29). The number of hydrogen-bond acceptors (Lipinski definition) is 9. The van der Waals surface area contributed by atoms with Gasteiger partial charge in [-0.25, -0.2) is 18.4 Å². The average molecular weight is 510 g/mol. The lowest BCUT2D eigenvalue weighted by molar-refractivity contribution is 0.0357. The lowest BCUT2D eigenvalue weighted by Gasteiger charge is -2.26. The van der Waals surface area contributed by atoms with E-state index in [-0.39, 0.29) is 10.7 Å². The Morgan fingerprint density at radius 2 is 1.89 bits per heavy atom. The molecule has 1 N–H and O–H groups in total. The fraction of sp³-hybridized carbons (Fsp3) is 0.320. The summed E-state index contributed by atoms with van der Waals surface area (Å²) in [6.07, 6.45) is 3.74. The van der Waals surface area contributed by atoms with Gasteiger partial charge in [0.15, 0.2) is 17.3 Å². The van der Waals surface area contributed by atoms with Gasteiger partial charge in [-0.05, 0) is 24.6 Å². The number of fused-ring (bicyclic) bond motifs is 2. The Balaban J connectivity index is 1.38. The minimum Gasteiger partial charge on any atom is -0.493 e. The Bertz CT molecular complexity index is 1470. The van der Waals surface area contributed by atoms with Crippen molar-refractivity contribution in [2.24, 2.45) is 0 Å². The first kappa shape index (κ1) is 24.2. The second-order valence-corrected chi connectivity index (χ2v) is 9.99. The van der Waals surface area contributed by atoms with Crippen molar-refractivity contribution in [1.82, 2.24) is 19.9 Å². The van der Waals surface area contributed by atoms with E-state index in [4.69, 9.17) is 14.2 Å². The second-order valence-electron chi connectivity index (χ2n) is 8.34. The Morgan fingerprint density at radius 3 is 2.72 bits per heavy atom. The number of methoxy groups -OCH3 is 1. The van der Waals surface area contributed by atoms with E-state index < -0.39 is 10.0 Å². The number of hydrogen-bond donors (Lipinski definition) is 1. The molecule has 1 aliphatic heterocycles. The third kappa shape index (κ3) is 5.18. The zero-order chi connectivity index (χ0) is 25.0. The van der Waals surface area contributed by atoms with Gasteiger partial charge in [0, 0.05) is 42.7 Å². The molecule has 0 spiro atoms. The fourth-order valence-corrected chi connectivity index (χ4v) is 5.40. The van der Waals surface area contributed by atoms with Gasteiger partial charge in [-0.1, -0.05) is 18.2 Å². The number of benzene rings is 2. The fourth-order valence-electron chi connectivity index (χ4n) is 4.19. The number of anilines is 1. The highest BCUT2D eigenvalue weighted by Gasteiger charge is 2.21. The summed E-state index contributed by atoms with van der Waals surface area (Å²) in [6, 6.07) is 12.0. The van der Waals surface area contributed by atoms with Crippen molar-refractivity contribution in [1.29, 1.82) is 0 Å². The van der Waals surface area contributed by atoms with Crippen LogP contribution in [-0.4, -0.2) is 74.8 Å². The second kappa shape index (κ2) is 10.6. The molecule has 2 aromatic heterocycles. The summed E-state index contributed by atoms with van der Waals surface area (Å²) in [5, 5.41) is 1.22. The van der Waals surface area contributed by atoms with Gasteiger partial charge in [0.2, 0.25) is 0 Å². The molecule has 0 amide bonds. The topological polar surface area (TPSA) is 116 Å². The van der Waals surface area contributed by atoms with Crippen molar-refractivity contribution in [3.63, 3.8) is 0 Å². The number of nitrogens with zero attached hydrogens (tertiary/aromatic N) is 4. The summed E-state index contributed by atoms with van der Waals surface area (Å²) in [7, 11) is -2.44. The number of pyridine rings is 1. The maximum atomic E-state index is 13.3. The number of aromatic nitrogens is 3. The van der Waals surface area contributed by atoms with Crippen LogP contribution in [0.4, 0.5) is 5.82 Å². The van der Waals surface area contributed by atoms with Crippen LogP contribution in [-0.2, 0) is 14.8 Å². The molecule has 2 aromatic carbocycles. The summed E-state index contributed by atoms with van der Waals surface area (Å²) in [4.78, 5) is 15.2. The van der Waals surface area contributed by atoms with E-state index in [1.54, 1.807) is 30.5 Å². The summed E-state index contributed by atoms with van der Waals surface area (Å²) in [5.41, 5.74) is 0.916. The lowest BCUT2D eigenvalue weighted by Crippen LogP contribution is -2.37. The Labute approximate surface area is 209 Å². The van der Waals surface area contributed by atoms with Crippen LogP contribution < -0.4 is 14.2 Å². The Kier molecular flexibility index (Phi) is 7.12. The minimum absolute atomic E-state index is 0.0690. The highest BCUT2D eigenvalue weighted by Crippen LogP contribution is 2.35. The predicted octanol–water partition coefficient (Wildman–Crippen LogP) is 3.09. The van der Waals surface area contributed by atoms with E-state index in [0.29, 0.717) is 34.5 Å². The maximum Gasteiger partial charge on any atom is 0.265 e. The van der Waals surface area contributed by atoms with Gasteiger partial charge in [-0.2, -0.15) is 0 Å². The number of ether oxygens (including phenoxy) is 3. The van der Waals surface area contributed by atoms with Crippen LogP contribution in [0, 0.1) is 0 Å². The lowest BCUT2D eigenvalue weighted by atomic mass is 10.2. The zero-order valence-corrected chi connectivity index (χ0v) is 20.7. The third-order valence-electron chi connectivity index (χ3n) is 6.02. The summed E-state index contributed by atoms with van der Waals surface area (Å²) in [6.45, 7) is 4.84. The molecule has 1 aliphatic rings. The van der Waals surface area contributed by atoms with Gasteiger partial charge in [-0.15, -0.1) is 0 Å². The first-order chi connectivity index (χ1) is 17.5. The highest BCUT2D eigenvalue weighted by molar-refractivity contribution is 7.93.